The first-order chi connectivity index (χ1) is 12.5. The van der Waals surface area contributed by atoms with Crippen LogP contribution in [-0.4, -0.2) is 30.1 Å². The van der Waals surface area contributed by atoms with Crippen molar-refractivity contribution in [2.75, 3.05) is 13.2 Å². The fourth-order valence-corrected chi connectivity index (χ4v) is 2.60. The van der Waals surface area contributed by atoms with Crippen molar-refractivity contribution >= 4 is 22.8 Å². The lowest BCUT2D eigenvalue weighted by atomic mass is 10.1. The Kier molecular flexibility index (Phi) is 7.20. The first-order valence-electron chi connectivity index (χ1n) is 8.67. The second-order valence-electron chi connectivity index (χ2n) is 5.95. The third kappa shape index (κ3) is 5.91. The topological polar surface area (TPSA) is 106 Å². The average molecular weight is 361 g/mol. The SMILES string of the molecule is CCc1cc(=O)oc2cc(OCC(=O)NCCCCCC(=O)O)ccc12. The van der Waals surface area contributed by atoms with Crippen LogP contribution in [0.3, 0.4) is 0 Å². The summed E-state index contributed by atoms with van der Waals surface area (Å²) in [5, 5.41) is 12.1. The zero-order chi connectivity index (χ0) is 18.9. The van der Waals surface area contributed by atoms with E-state index in [4.69, 9.17) is 14.3 Å². The molecule has 0 fully saturated rings. The summed E-state index contributed by atoms with van der Waals surface area (Å²) < 4.78 is 10.6. The lowest BCUT2D eigenvalue weighted by Gasteiger charge is -2.09. The van der Waals surface area contributed by atoms with Crippen molar-refractivity contribution in [3.8, 4) is 5.75 Å². The third-order valence-corrected chi connectivity index (χ3v) is 3.94. The molecule has 0 saturated heterocycles. The summed E-state index contributed by atoms with van der Waals surface area (Å²) in [6.45, 7) is 2.30. The maximum atomic E-state index is 11.8. The molecule has 1 aromatic heterocycles. The van der Waals surface area contributed by atoms with Crippen LogP contribution in [0.5, 0.6) is 5.75 Å². The van der Waals surface area contributed by atoms with E-state index in [1.165, 1.54) is 6.07 Å². The molecule has 0 bridgehead atoms. The van der Waals surface area contributed by atoms with Crippen molar-refractivity contribution in [3.05, 3.63) is 40.2 Å². The summed E-state index contributed by atoms with van der Waals surface area (Å²) in [5.74, 6) is -0.614. The van der Waals surface area contributed by atoms with Gasteiger partial charge in [-0.1, -0.05) is 13.3 Å². The maximum Gasteiger partial charge on any atom is 0.336 e. The van der Waals surface area contributed by atoms with Crippen LogP contribution in [0, 0.1) is 0 Å². The van der Waals surface area contributed by atoms with Crippen LogP contribution >= 0.6 is 0 Å². The number of amides is 1. The molecule has 0 aliphatic heterocycles. The zero-order valence-electron chi connectivity index (χ0n) is 14.7. The van der Waals surface area contributed by atoms with Gasteiger partial charge >= 0.3 is 11.6 Å². The smallest absolute Gasteiger partial charge is 0.336 e. The van der Waals surface area contributed by atoms with Gasteiger partial charge in [0.25, 0.3) is 5.91 Å². The number of aliphatic carboxylic acids is 1. The van der Waals surface area contributed by atoms with Crippen LogP contribution in [0.15, 0.2) is 33.5 Å². The number of hydrogen-bond donors (Lipinski definition) is 2. The molecule has 2 N–H and O–H groups in total. The number of fused-ring (bicyclic) bond motifs is 1. The standard InChI is InChI=1S/C19H23NO6/c1-2-13-10-19(24)26-16-11-14(7-8-15(13)16)25-12-17(21)20-9-5-3-4-6-18(22)23/h7-8,10-11H,2-6,9,12H2,1H3,(H,20,21)(H,22,23). The fraction of sp³-hybridized carbons (Fsp3) is 0.421. The number of carbonyl (C=O) groups is 2. The van der Waals surface area contributed by atoms with E-state index >= 15 is 0 Å². The van der Waals surface area contributed by atoms with E-state index in [9.17, 15) is 14.4 Å². The van der Waals surface area contributed by atoms with Gasteiger partial charge in [0.1, 0.15) is 11.3 Å². The molecule has 0 atom stereocenters. The summed E-state index contributed by atoms with van der Waals surface area (Å²) in [7, 11) is 0. The number of unbranched alkanes of at least 4 members (excludes halogenated alkanes) is 2. The number of nitrogens with one attached hydrogen (secondary N) is 1. The van der Waals surface area contributed by atoms with Gasteiger partial charge in [0.2, 0.25) is 0 Å². The van der Waals surface area contributed by atoms with Crippen molar-refractivity contribution < 1.29 is 23.8 Å². The molecule has 0 aliphatic rings. The Labute approximate surface area is 151 Å². The highest BCUT2D eigenvalue weighted by molar-refractivity contribution is 5.82. The quantitative estimate of drug-likeness (QED) is 0.497. The van der Waals surface area contributed by atoms with Gasteiger partial charge in [-0.2, -0.15) is 0 Å². The Hall–Kier alpha value is -2.83. The normalized spacial score (nSPS) is 10.7. The van der Waals surface area contributed by atoms with E-state index in [2.05, 4.69) is 5.32 Å². The Morgan fingerprint density at radius 2 is 2.00 bits per heavy atom. The highest BCUT2D eigenvalue weighted by atomic mass is 16.5. The number of carbonyl (C=O) groups excluding carboxylic acids is 1. The average Bonchev–Trinajstić information content (AvgIpc) is 2.61. The number of carboxylic acid groups (broad SMARTS) is 1. The lowest BCUT2D eigenvalue weighted by Crippen LogP contribution is -2.29. The van der Waals surface area contributed by atoms with Crippen LogP contribution < -0.4 is 15.7 Å². The van der Waals surface area contributed by atoms with Gasteiger partial charge in [-0.15, -0.1) is 0 Å². The molecule has 0 spiro atoms. The van der Waals surface area contributed by atoms with E-state index in [1.807, 2.05) is 13.0 Å². The highest BCUT2D eigenvalue weighted by Gasteiger charge is 2.07. The summed E-state index contributed by atoms with van der Waals surface area (Å²) in [6.07, 6.45) is 2.94. The number of hydrogen-bond acceptors (Lipinski definition) is 5. The monoisotopic (exact) mass is 361 g/mol. The summed E-state index contributed by atoms with van der Waals surface area (Å²) >= 11 is 0. The molecule has 26 heavy (non-hydrogen) atoms. The van der Waals surface area contributed by atoms with Crippen molar-refractivity contribution in [2.45, 2.75) is 39.0 Å². The third-order valence-electron chi connectivity index (χ3n) is 3.94. The van der Waals surface area contributed by atoms with E-state index in [1.54, 1.807) is 12.1 Å². The molecule has 140 valence electrons. The van der Waals surface area contributed by atoms with Gasteiger partial charge in [0.05, 0.1) is 0 Å². The Balaban J connectivity index is 1.81. The molecular formula is C19H23NO6. The Bertz CT molecular complexity index is 826. The van der Waals surface area contributed by atoms with Crippen molar-refractivity contribution in [2.24, 2.45) is 0 Å². The van der Waals surface area contributed by atoms with Crippen molar-refractivity contribution in [1.29, 1.82) is 0 Å². The van der Waals surface area contributed by atoms with Crippen LogP contribution in [0.1, 0.15) is 38.2 Å². The molecule has 1 amide bonds. The van der Waals surface area contributed by atoms with Crippen LogP contribution in [0.4, 0.5) is 0 Å². The molecule has 0 unspecified atom stereocenters. The van der Waals surface area contributed by atoms with Crippen LogP contribution in [-0.2, 0) is 16.0 Å². The van der Waals surface area contributed by atoms with Crippen LogP contribution in [0.25, 0.3) is 11.0 Å². The summed E-state index contributed by atoms with van der Waals surface area (Å²) in [4.78, 5) is 33.7. The minimum atomic E-state index is -0.806. The zero-order valence-corrected chi connectivity index (χ0v) is 14.7. The second kappa shape index (κ2) is 9.60. The Morgan fingerprint density at radius 3 is 2.73 bits per heavy atom. The molecule has 0 saturated carbocycles. The molecule has 7 heteroatoms. The molecule has 1 heterocycles. The molecule has 2 rings (SSSR count). The van der Waals surface area contributed by atoms with Gasteiger partial charge in [-0.05, 0) is 37.0 Å². The highest BCUT2D eigenvalue weighted by Crippen LogP contribution is 2.22. The van der Waals surface area contributed by atoms with E-state index in [0.29, 0.717) is 24.3 Å². The second-order valence-corrected chi connectivity index (χ2v) is 5.95. The molecule has 1 aromatic carbocycles. The molecule has 7 nitrogen and oxygen atoms in total. The molecular weight excluding hydrogens is 338 g/mol. The number of benzene rings is 1. The summed E-state index contributed by atoms with van der Waals surface area (Å²) in [6, 6.07) is 6.63. The number of ether oxygens (including phenoxy) is 1. The van der Waals surface area contributed by atoms with E-state index in [0.717, 1.165) is 30.2 Å². The van der Waals surface area contributed by atoms with Crippen molar-refractivity contribution in [3.63, 3.8) is 0 Å². The van der Waals surface area contributed by atoms with Gasteiger partial charge in [-0.3, -0.25) is 9.59 Å². The maximum absolute atomic E-state index is 11.8. The van der Waals surface area contributed by atoms with Gasteiger partial charge in [-0.25, -0.2) is 4.79 Å². The van der Waals surface area contributed by atoms with Gasteiger partial charge in [0, 0.05) is 30.5 Å². The van der Waals surface area contributed by atoms with Gasteiger partial charge < -0.3 is 19.6 Å². The minimum Gasteiger partial charge on any atom is -0.484 e. The number of aryl methyl sites for hydroxylation is 1. The first-order valence-corrected chi connectivity index (χ1v) is 8.67. The lowest BCUT2D eigenvalue weighted by molar-refractivity contribution is -0.137. The largest absolute Gasteiger partial charge is 0.484 e. The predicted molar refractivity (Wildman–Crippen MR) is 96.5 cm³/mol. The molecule has 0 aliphatic carbocycles. The Morgan fingerprint density at radius 1 is 1.19 bits per heavy atom. The summed E-state index contributed by atoms with van der Waals surface area (Å²) in [5.41, 5.74) is 0.932. The minimum absolute atomic E-state index is 0.141. The van der Waals surface area contributed by atoms with E-state index < -0.39 is 11.6 Å². The fourth-order valence-electron chi connectivity index (χ4n) is 2.60. The predicted octanol–water partition coefficient (Wildman–Crippen LogP) is 2.50. The number of rotatable bonds is 10. The van der Waals surface area contributed by atoms with Crippen molar-refractivity contribution in [1.82, 2.24) is 5.32 Å². The first kappa shape index (κ1) is 19.5. The van der Waals surface area contributed by atoms with Gasteiger partial charge in [0.15, 0.2) is 6.61 Å². The van der Waals surface area contributed by atoms with Crippen LogP contribution in [0.2, 0.25) is 0 Å². The number of carboxylic acids is 1. The van der Waals surface area contributed by atoms with E-state index in [-0.39, 0.29) is 18.9 Å². The molecule has 2 aromatic rings. The molecule has 0 radical (unpaired) electrons.